The van der Waals surface area contributed by atoms with Gasteiger partial charge in [0.05, 0.1) is 16.4 Å². The Labute approximate surface area is 226 Å². The fraction of sp³-hybridized carbons (Fsp3) is 0.778. The highest BCUT2D eigenvalue weighted by Gasteiger charge is 2.51. The number of nitrogens with zero attached hydrogens (tertiary/aromatic N) is 3. The van der Waals surface area contributed by atoms with E-state index in [0.717, 1.165) is 58.6 Å². The topological polar surface area (TPSA) is 28.2 Å². The molecule has 4 fully saturated rings. The minimum atomic E-state index is 0.190. The number of rotatable bonds is 3. The molecule has 0 amide bonds. The molecular weight excluding hydrogens is 514 g/mol. The van der Waals surface area contributed by atoms with Gasteiger partial charge in [0, 0.05) is 36.7 Å². The fourth-order valence-electron chi connectivity index (χ4n) is 7.52. The van der Waals surface area contributed by atoms with Crippen LogP contribution in [0.25, 0.3) is 11.1 Å². The average molecular weight is 553 g/mol. The summed E-state index contributed by atoms with van der Waals surface area (Å²) in [4.78, 5) is 16.0. The zero-order valence-corrected chi connectivity index (χ0v) is 24.5. The maximum absolute atomic E-state index is 13.6. The first-order chi connectivity index (χ1) is 17.0. The molecule has 1 saturated heterocycles. The van der Waals surface area contributed by atoms with Crippen LogP contribution in [0.4, 0.5) is 0 Å². The van der Waals surface area contributed by atoms with Gasteiger partial charge in [0.2, 0.25) is 5.04 Å². The molecule has 8 heteroatoms. The van der Waals surface area contributed by atoms with Crippen molar-refractivity contribution in [1.29, 1.82) is 0 Å². The normalized spacial score (nSPS) is 39.1. The van der Waals surface area contributed by atoms with Crippen molar-refractivity contribution in [2.24, 2.45) is 11.8 Å². The van der Waals surface area contributed by atoms with Crippen molar-refractivity contribution < 1.29 is 4.58 Å². The van der Waals surface area contributed by atoms with E-state index in [4.69, 9.17) is 11.6 Å². The highest BCUT2D eigenvalue weighted by molar-refractivity contribution is 8.15. The molecule has 0 radical (unpaired) electrons. The zero-order chi connectivity index (χ0) is 24.3. The van der Waals surface area contributed by atoms with Crippen LogP contribution in [0, 0.1) is 11.8 Å². The second kappa shape index (κ2) is 10.1. The summed E-state index contributed by atoms with van der Waals surface area (Å²) in [7, 11) is 2.17. The van der Waals surface area contributed by atoms with Crippen LogP contribution >= 0.6 is 46.5 Å². The molecule has 1 aromatic heterocycles. The summed E-state index contributed by atoms with van der Waals surface area (Å²) >= 11 is 12.3. The quantitative estimate of drug-likeness (QED) is 0.408. The van der Waals surface area contributed by atoms with E-state index in [1.807, 2.05) is 16.3 Å². The molecule has 192 valence electrons. The molecule has 0 aromatic carbocycles. The number of thiazole rings is 1. The Hall–Kier alpha value is -0.370. The van der Waals surface area contributed by atoms with Gasteiger partial charge in [0.25, 0.3) is 5.56 Å². The summed E-state index contributed by atoms with van der Waals surface area (Å²) < 4.78 is 6.74. The Morgan fingerprint density at radius 2 is 1.91 bits per heavy atom. The number of hydrogen-bond donors (Lipinski definition) is 0. The largest absolute Gasteiger partial charge is 0.364 e. The van der Waals surface area contributed by atoms with Crippen molar-refractivity contribution in [3.05, 3.63) is 19.5 Å². The first kappa shape index (κ1) is 24.9. The van der Waals surface area contributed by atoms with Crippen molar-refractivity contribution in [3.8, 4) is 0 Å². The van der Waals surface area contributed by atoms with Gasteiger partial charge in [-0.1, -0.05) is 19.3 Å². The first-order valence-electron chi connectivity index (χ1n) is 13.8. The van der Waals surface area contributed by atoms with Crippen molar-refractivity contribution in [3.63, 3.8) is 0 Å². The minimum absolute atomic E-state index is 0.190. The molecule has 7 unspecified atom stereocenters. The van der Waals surface area contributed by atoms with E-state index in [9.17, 15) is 4.79 Å². The second-order valence-corrected chi connectivity index (χ2v) is 15.1. The molecule has 4 nitrogen and oxygen atoms in total. The number of halogens is 1. The van der Waals surface area contributed by atoms with Gasteiger partial charge in [-0.25, -0.2) is 4.58 Å². The van der Waals surface area contributed by atoms with Crippen molar-refractivity contribution in [1.82, 2.24) is 9.47 Å². The predicted octanol–water partition coefficient (Wildman–Crippen LogP) is 4.50. The lowest BCUT2D eigenvalue weighted by molar-refractivity contribution is -0.560. The summed E-state index contributed by atoms with van der Waals surface area (Å²) in [6.07, 6.45) is 14.1. The number of alkyl halides is 1. The first-order valence-corrected chi connectivity index (χ1v) is 16.8. The standard InChI is InChI=1S/C27H39ClN3OS3/c1-4-30-19-12-10-16-8-6-7-9-18(16)24(19)34-22(30)15-23-31(5-2)26(32)25(35-23)27-29(3)20-14-17(28)11-13-21(20)33-27/h15-21,24H,4-14H2,1-3H3/q+1/b27-25-. The molecule has 0 N–H and O–H groups in total. The Balaban J connectivity index is 1.39. The lowest BCUT2D eigenvalue weighted by Crippen LogP contribution is -2.44. The molecular formula is C27H39ClN3OS3+. The van der Waals surface area contributed by atoms with Crippen LogP contribution in [-0.2, 0) is 6.54 Å². The summed E-state index contributed by atoms with van der Waals surface area (Å²) in [5.74, 6) is 1.83. The molecule has 7 atom stereocenters. The molecule has 35 heavy (non-hydrogen) atoms. The maximum Gasteiger partial charge on any atom is 0.271 e. The van der Waals surface area contributed by atoms with E-state index in [2.05, 4.69) is 48.2 Å². The minimum Gasteiger partial charge on any atom is -0.364 e. The van der Waals surface area contributed by atoms with Crippen LogP contribution in [0.3, 0.4) is 0 Å². The predicted molar refractivity (Wildman–Crippen MR) is 153 cm³/mol. The molecule has 3 heterocycles. The Morgan fingerprint density at radius 1 is 1.09 bits per heavy atom. The number of thioether (sulfide) groups is 2. The third kappa shape index (κ3) is 4.28. The van der Waals surface area contributed by atoms with Crippen molar-refractivity contribution in [2.75, 3.05) is 13.6 Å². The molecule has 5 aliphatic rings. The lowest BCUT2D eigenvalue weighted by atomic mass is 9.69. The monoisotopic (exact) mass is 552 g/mol. The van der Waals surface area contributed by atoms with Crippen LogP contribution in [-0.4, -0.2) is 60.6 Å². The van der Waals surface area contributed by atoms with E-state index >= 15 is 0 Å². The van der Waals surface area contributed by atoms with Crippen LogP contribution in [0.15, 0.2) is 4.79 Å². The van der Waals surface area contributed by atoms with Gasteiger partial charge in [-0.3, -0.25) is 9.36 Å². The third-order valence-corrected chi connectivity index (χ3v) is 14.1. The van der Waals surface area contributed by atoms with Gasteiger partial charge in [-0.2, -0.15) is 0 Å². The molecule has 1 aromatic rings. The SMILES string of the molecule is CCn1c(=CC2=[N+](CC)C3CCC4CCCCC4C3S2)s/c(=C2\SC3CCC(Cl)CC3N2C)c1=O. The van der Waals surface area contributed by atoms with Crippen LogP contribution in [0.1, 0.15) is 71.6 Å². The Kier molecular flexibility index (Phi) is 7.17. The van der Waals surface area contributed by atoms with Gasteiger partial charge in [-0.05, 0) is 69.5 Å². The van der Waals surface area contributed by atoms with E-state index in [1.54, 1.807) is 11.3 Å². The van der Waals surface area contributed by atoms with Gasteiger partial charge in [-0.15, -0.1) is 34.7 Å². The molecule has 0 bridgehead atoms. The Morgan fingerprint density at radius 3 is 2.71 bits per heavy atom. The Bertz CT molecular complexity index is 1190. The highest BCUT2D eigenvalue weighted by Crippen LogP contribution is 2.49. The molecule has 3 aliphatic carbocycles. The van der Waals surface area contributed by atoms with Gasteiger partial charge >= 0.3 is 0 Å². The van der Waals surface area contributed by atoms with Gasteiger partial charge < -0.3 is 4.90 Å². The highest BCUT2D eigenvalue weighted by atomic mass is 35.5. The lowest BCUT2D eigenvalue weighted by Gasteiger charge is -2.40. The molecule has 6 rings (SSSR count). The van der Waals surface area contributed by atoms with Gasteiger partial charge in [0.1, 0.15) is 15.7 Å². The summed E-state index contributed by atoms with van der Waals surface area (Å²) in [5, 5.41) is 4.15. The second-order valence-electron chi connectivity index (χ2n) is 11.1. The maximum atomic E-state index is 13.6. The fourth-order valence-corrected chi connectivity index (χ4v) is 12.6. The molecule has 2 aliphatic heterocycles. The third-order valence-electron chi connectivity index (χ3n) is 9.32. The van der Waals surface area contributed by atoms with Crippen LogP contribution < -0.4 is 14.8 Å². The number of aromatic nitrogens is 1. The summed E-state index contributed by atoms with van der Waals surface area (Å²) in [5.41, 5.74) is 0.190. The zero-order valence-electron chi connectivity index (χ0n) is 21.2. The number of hydrogen-bond acceptors (Lipinski definition) is 5. The summed E-state index contributed by atoms with van der Waals surface area (Å²) in [6.45, 7) is 6.20. The smallest absolute Gasteiger partial charge is 0.271 e. The van der Waals surface area contributed by atoms with Crippen molar-refractivity contribution in [2.45, 2.75) is 106 Å². The van der Waals surface area contributed by atoms with E-state index < -0.39 is 0 Å². The van der Waals surface area contributed by atoms with Crippen LogP contribution in [0.2, 0.25) is 0 Å². The average Bonchev–Trinajstić information content (AvgIpc) is 3.49. The van der Waals surface area contributed by atoms with Crippen molar-refractivity contribution >= 4 is 62.6 Å². The van der Waals surface area contributed by atoms with Crippen LogP contribution in [0.5, 0.6) is 0 Å². The van der Waals surface area contributed by atoms with E-state index in [-0.39, 0.29) is 10.9 Å². The van der Waals surface area contributed by atoms with E-state index in [1.165, 1.54) is 48.6 Å². The van der Waals surface area contributed by atoms with E-state index in [0.29, 0.717) is 17.3 Å². The summed E-state index contributed by atoms with van der Waals surface area (Å²) in [6, 6.07) is 1.13. The molecule has 3 saturated carbocycles. The van der Waals surface area contributed by atoms with Gasteiger partial charge in [0.15, 0.2) is 6.04 Å². The number of fused-ring (bicyclic) bond motifs is 4. The molecule has 0 spiro atoms.